The molecule has 2 N–H and O–H groups in total. The van der Waals surface area contributed by atoms with E-state index in [2.05, 4.69) is 64.9 Å². The number of rotatable bonds is 3. The molecule has 4 heteroatoms. The van der Waals surface area contributed by atoms with Crippen molar-refractivity contribution in [2.75, 3.05) is 5.32 Å². The highest BCUT2D eigenvalue weighted by Crippen LogP contribution is 2.36. The smallest absolute Gasteiger partial charge is 0.143 e. The molecule has 3 aromatic heterocycles. The normalized spacial score (nSPS) is 11.3. The first-order valence-electron chi connectivity index (χ1n) is 9.08. The van der Waals surface area contributed by atoms with E-state index in [9.17, 15) is 0 Å². The van der Waals surface area contributed by atoms with E-state index in [1.807, 2.05) is 36.7 Å². The maximum absolute atomic E-state index is 4.93. The maximum Gasteiger partial charge on any atom is 0.143 e. The van der Waals surface area contributed by atoms with E-state index in [0.717, 1.165) is 33.9 Å². The van der Waals surface area contributed by atoms with E-state index in [0.29, 0.717) is 0 Å². The van der Waals surface area contributed by atoms with E-state index >= 15 is 0 Å². The van der Waals surface area contributed by atoms with Gasteiger partial charge in [0.15, 0.2) is 0 Å². The molecule has 0 saturated carbocycles. The number of aromatic amines is 1. The number of nitrogens with zero attached hydrogens (tertiary/aromatic N) is 2. The lowest BCUT2D eigenvalue weighted by molar-refractivity contribution is 1.18. The molecule has 0 aliphatic carbocycles. The van der Waals surface area contributed by atoms with Crippen LogP contribution in [0.15, 0.2) is 73.1 Å². The number of para-hydroxylation sites is 1. The Bertz CT molecular complexity index is 1280. The minimum Gasteiger partial charge on any atom is -0.360 e. The summed E-state index contributed by atoms with van der Waals surface area (Å²) in [7, 11) is 0. The molecule has 0 unspecified atom stereocenters. The van der Waals surface area contributed by atoms with Gasteiger partial charge in [0.2, 0.25) is 0 Å². The van der Waals surface area contributed by atoms with Crippen molar-refractivity contribution in [3.8, 4) is 11.3 Å². The molecule has 3 heterocycles. The second-order valence-electron chi connectivity index (χ2n) is 6.93. The molecule has 0 saturated heterocycles. The number of aryl methyl sites for hydroxylation is 2. The average Bonchev–Trinajstić information content (AvgIpc) is 3.25. The van der Waals surface area contributed by atoms with Gasteiger partial charge in [-0.15, -0.1) is 0 Å². The number of aromatic nitrogens is 3. The highest BCUT2D eigenvalue weighted by molar-refractivity contribution is 5.98. The molecule has 5 aromatic rings. The summed E-state index contributed by atoms with van der Waals surface area (Å²) in [5, 5.41) is 4.80. The van der Waals surface area contributed by atoms with Crippen LogP contribution in [0.2, 0.25) is 0 Å². The van der Waals surface area contributed by atoms with Crippen LogP contribution in [0.1, 0.15) is 11.1 Å². The molecule has 0 atom stereocenters. The van der Waals surface area contributed by atoms with Crippen molar-refractivity contribution < 1.29 is 0 Å². The number of anilines is 2. The Kier molecular flexibility index (Phi) is 3.50. The van der Waals surface area contributed by atoms with Crippen molar-refractivity contribution in [3.05, 3.63) is 84.2 Å². The van der Waals surface area contributed by atoms with Gasteiger partial charge in [0.1, 0.15) is 17.2 Å². The second kappa shape index (κ2) is 6.02. The summed E-state index contributed by atoms with van der Waals surface area (Å²) in [5.74, 6) is 0.974. The first kappa shape index (κ1) is 15.7. The minimum absolute atomic E-state index is 0.921. The molecule has 132 valence electrons. The summed E-state index contributed by atoms with van der Waals surface area (Å²) >= 11 is 0. The van der Waals surface area contributed by atoms with Gasteiger partial charge in [0.25, 0.3) is 0 Å². The van der Waals surface area contributed by atoms with Crippen LogP contribution >= 0.6 is 0 Å². The van der Waals surface area contributed by atoms with Crippen molar-refractivity contribution in [2.24, 2.45) is 0 Å². The number of imidazole rings is 1. The van der Waals surface area contributed by atoms with Crippen LogP contribution < -0.4 is 5.32 Å². The Morgan fingerprint density at radius 2 is 1.81 bits per heavy atom. The van der Waals surface area contributed by atoms with Crippen LogP contribution in [-0.4, -0.2) is 14.4 Å². The highest BCUT2D eigenvalue weighted by Gasteiger charge is 2.17. The number of benzene rings is 2. The third kappa shape index (κ3) is 2.57. The van der Waals surface area contributed by atoms with Gasteiger partial charge in [-0.1, -0.05) is 42.0 Å². The molecule has 0 bridgehead atoms. The average molecular weight is 352 g/mol. The first-order valence-corrected chi connectivity index (χ1v) is 9.08. The van der Waals surface area contributed by atoms with Crippen molar-refractivity contribution in [3.63, 3.8) is 0 Å². The lowest BCUT2D eigenvalue weighted by Crippen LogP contribution is -1.98. The molecule has 0 radical (unpaired) electrons. The summed E-state index contributed by atoms with van der Waals surface area (Å²) in [6, 6.07) is 20.9. The standard InChI is InChI=1S/C23H20N4/c1-15-10-11-19(16(2)13-15)25-23-22(26-21-9-5-6-12-27(21)23)18-14-24-20-8-4-3-7-17(18)20/h3-14,24-25H,1-2H3. The summed E-state index contributed by atoms with van der Waals surface area (Å²) < 4.78 is 2.11. The van der Waals surface area contributed by atoms with Crippen LogP contribution in [0.4, 0.5) is 11.5 Å². The van der Waals surface area contributed by atoms with Crippen LogP contribution in [0.5, 0.6) is 0 Å². The first-order chi connectivity index (χ1) is 13.2. The van der Waals surface area contributed by atoms with Crippen molar-refractivity contribution in [2.45, 2.75) is 13.8 Å². The monoisotopic (exact) mass is 352 g/mol. The van der Waals surface area contributed by atoms with Gasteiger partial charge in [-0.3, -0.25) is 4.40 Å². The Morgan fingerprint density at radius 1 is 0.963 bits per heavy atom. The number of nitrogens with one attached hydrogen (secondary N) is 2. The maximum atomic E-state index is 4.93. The van der Waals surface area contributed by atoms with Crippen molar-refractivity contribution >= 4 is 28.1 Å². The van der Waals surface area contributed by atoms with Gasteiger partial charge < -0.3 is 10.3 Å². The Balaban J connectivity index is 1.74. The molecule has 27 heavy (non-hydrogen) atoms. The lowest BCUT2D eigenvalue weighted by Gasteiger charge is -2.12. The summed E-state index contributed by atoms with van der Waals surface area (Å²) in [4.78, 5) is 8.29. The van der Waals surface area contributed by atoms with Crippen LogP contribution in [-0.2, 0) is 0 Å². The van der Waals surface area contributed by atoms with Gasteiger partial charge in [-0.25, -0.2) is 4.98 Å². The van der Waals surface area contributed by atoms with E-state index < -0.39 is 0 Å². The van der Waals surface area contributed by atoms with Gasteiger partial charge in [0, 0.05) is 34.5 Å². The highest BCUT2D eigenvalue weighted by atomic mass is 15.1. The SMILES string of the molecule is Cc1ccc(Nc2c(-c3c[nH]c4ccccc34)nc3ccccn23)c(C)c1. The van der Waals surface area contributed by atoms with Gasteiger partial charge >= 0.3 is 0 Å². The van der Waals surface area contributed by atoms with Crippen LogP contribution in [0.3, 0.4) is 0 Å². The van der Waals surface area contributed by atoms with Crippen LogP contribution in [0.25, 0.3) is 27.8 Å². The van der Waals surface area contributed by atoms with Crippen molar-refractivity contribution in [1.29, 1.82) is 0 Å². The van der Waals surface area contributed by atoms with E-state index in [1.165, 1.54) is 16.5 Å². The van der Waals surface area contributed by atoms with E-state index in [4.69, 9.17) is 4.98 Å². The number of hydrogen-bond donors (Lipinski definition) is 2. The van der Waals surface area contributed by atoms with E-state index in [1.54, 1.807) is 0 Å². The largest absolute Gasteiger partial charge is 0.360 e. The Hall–Kier alpha value is -3.53. The third-order valence-electron chi connectivity index (χ3n) is 5.01. The summed E-state index contributed by atoms with van der Waals surface area (Å²) in [6.07, 6.45) is 4.09. The molecular weight excluding hydrogens is 332 g/mol. The predicted octanol–water partition coefficient (Wildman–Crippen LogP) is 5.84. The number of pyridine rings is 1. The molecule has 0 aliphatic rings. The zero-order valence-corrected chi connectivity index (χ0v) is 15.3. The van der Waals surface area contributed by atoms with Crippen LogP contribution in [0, 0.1) is 13.8 Å². The fourth-order valence-corrected chi connectivity index (χ4v) is 3.65. The molecule has 0 aliphatic heterocycles. The second-order valence-corrected chi connectivity index (χ2v) is 6.93. The molecule has 0 amide bonds. The summed E-state index contributed by atoms with van der Waals surface area (Å²) in [6.45, 7) is 4.24. The fraction of sp³-hybridized carbons (Fsp3) is 0.0870. The molecule has 0 fully saturated rings. The predicted molar refractivity (Wildman–Crippen MR) is 112 cm³/mol. The third-order valence-corrected chi connectivity index (χ3v) is 5.01. The zero-order chi connectivity index (χ0) is 18.4. The van der Waals surface area contributed by atoms with Gasteiger partial charge in [0.05, 0.1) is 0 Å². The van der Waals surface area contributed by atoms with Gasteiger partial charge in [-0.2, -0.15) is 0 Å². The van der Waals surface area contributed by atoms with Gasteiger partial charge in [-0.05, 0) is 43.7 Å². The number of H-pyrrole nitrogens is 1. The number of hydrogen-bond acceptors (Lipinski definition) is 2. The Morgan fingerprint density at radius 3 is 2.70 bits per heavy atom. The molecular formula is C23H20N4. The molecule has 2 aromatic carbocycles. The molecule has 0 spiro atoms. The van der Waals surface area contributed by atoms with Crippen molar-refractivity contribution in [1.82, 2.24) is 14.4 Å². The Labute approximate surface area is 157 Å². The topological polar surface area (TPSA) is 45.1 Å². The molecule has 4 nitrogen and oxygen atoms in total. The minimum atomic E-state index is 0.921. The lowest BCUT2D eigenvalue weighted by atomic mass is 10.1. The van der Waals surface area contributed by atoms with E-state index in [-0.39, 0.29) is 0 Å². The summed E-state index contributed by atoms with van der Waals surface area (Å²) in [5.41, 5.74) is 7.64. The zero-order valence-electron chi connectivity index (χ0n) is 15.3. The molecule has 5 rings (SSSR count). The number of fused-ring (bicyclic) bond motifs is 2. The fourth-order valence-electron chi connectivity index (χ4n) is 3.65. The quantitative estimate of drug-likeness (QED) is 0.428.